The number of nitrogens with zero attached hydrogens (tertiary/aromatic N) is 2. The van der Waals surface area contributed by atoms with Crippen molar-refractivity contribution < 1.29 is 4.79 Å². The Labute approximate surface area is 170 Å². The second kappa shape index (κ2) is 8.44. The van der Waals surface area contributed by atoms with E-state index in [1.54, 1.807) is 12.3 Å². The van der Waals surface area contributed by atoms with Gasteiger partial charge in [-0.1, -0.05) is 48.0 Å². The Morgan fingerprint density at radius 2 is 1.82 bits per heavy atom. The van der Waals surface area contributed by atoms with E-state index in [2.05, 4.69) is 39.5 Å². The van der Waals surface area contributed by atoms with Crippen LogP contribution in [0.3, 0.4) is 0 Å². The van der Waals surface area contributed by atoms with Gasteiger partial charge in [0.2, 0.25) is 0 Å². The maximum absolute atomic E-state index is 12.3. The lowest BCUT2D eigenvalue weighted by Crippen LogP contribution is -2.30. The molecule has 1 aliphatic heterocycles. The summed E-state index contributed by atoms with van der Waals surface area (Å²) in [5, 5.41) is 3.64. The summed E-state index contributed by atoms with van der Waals surface area (Å²) in [7, 11) is 0. The molecule has 0 atom stereocenters. The molecule has 4 nitrogen and oxygen atoms in total. The van der Waals surface area contributed by atoms with E-state index in [1.807, 2.05) is 30.3 Å². The Balaban J connectivity index is 1.33. The fraction of sp³-hybridized carbons (Fsp3) is 0.217. The van der Waals surface area contributed by atoms with Crippen molar-refractivity contribution in [1.29, 1.82) is 0 Å². The molecule has 0 saturated carbocycles. The summed E-state index contributed by atoms with van der Waals surface area (Å²) >= 11 is 5.89. The second-order valence-corrected chi connectivity index (χ2v) is 7.41. The molecule has 0 fully saturated rings. The number of aromatic nitrogens is 1. The number of hydrogen-bond acceptors (Lipinski definition) is 3. The Kier molecular flexibility index (Phi) is 5.58. The molecule has 0 aliphatic carbocycles. The van der Waals surface area contributed by atoms with Gasteiger partial charge in [0, 0.05) is 24.7 Å². The highest BCUT2D eigenvalue weighted by molar-refractivity contribution is 6.30. The first-order chi connectivity index (χ1) is 13.7. The SMILES string of the molecule is O=C(NCCc1ccc(Cl)cc1)c1ccc(N2CCc3ccccc3C2)cn1. The van der Waals surface area contributed by atoms with Crippen LogP contribution in [-0.4, -0.2) is 24.0 Å². The fourth-order valence-corrected chi connectivity index (χ4v) is 3.61. The van der Waals surface area contributed by atoms with Gasteiger partial charge in [-0.05, 0) is 53.8 Å². The molecule has 0 bridgehead atoms. The van der Waals surface area contributed by atoms with E-state index >= 15 is 0 Å². The highest BCUT2D eigenvalue weighted by Gasteiger charge is 2.17. The second-order valence-electron chi connectivity index (χ2n) is 6.97. The van der Waals surface area contributed by atoms with Crippen molar-refractivity contribution in [3.05, 3.63) is 94.3 Å². The maximum atomic E-state index is 12.3. The minimum atomic E-state index is -0.149. The van der Waals surface area contributed by atoms with Crippen LogP contribution in [0.4, 0.5) is 5.69 Å². The van der Waals surface area contributed by atoms with E-state index in [0.717, 1.165) is 37.2 Å². The van der Waals surface area contributed by atoms with Crippen LogP contribution in [0.15, 0.2) is 66.9 Å². The minimum absolute atomic E-state index is 0.149. The number of nitrogens with one attached hydrogen (secondary N) is 1. The monoisotopic (exact) mass is 391 g/mol. The van der Waals surface area contributed by atoms with Gasteiger partial charge < -0.3 is 10.2 Å². The average Bonchev–Trinajstić information content (AvgIpc) is 2.75. The molecule has 1 amide bonds. The number of amides is 1. The summed E-state index contributed by atoms with van der Waals surface area (Å²) in [6.07, 6.45) is 3.58. The van der Waals surface area contributed by atoms with E-state index in [4.69, 9.17) is 11.6 Å². The van der Waals surface area contributed by atoms with Crippen LogP contribution in [0, 0.1) is 0 Å². The lowest BCUT2D eigenvalue weighted by molar-refractivity contribution is 0.0949. The van der Waals surface area contributed by atoms with Gasteiger partial charge in [-0.2, -0.15) is 0 Å². The van der Waals surface area contributed by atoms with Crippen LogP contribution in [0.25, 0.3) is 0 Å². The zero-order valence-corrected chi connectivity index (χ0v) is 16.3. The topological polar surface area (TPSA) is 45.2 Å². The van der Waals surface area contributed by atoms with Gasteiger partial charge in [0.05, 0.1) is 11.9 Å². The first-order valence-corrected chi connectivity index (χ1v) is 9.87. The molecule has 1 aliphatic rings. The Morgan fingerprint density at radius 1 is 1.04 bits per heavy atom. The highest BCUT2D eigenvalue weighted by Crippen LogP contribution is 2.23. The summed E-state index contributed by atoms with van der Waals surface area (Å²) < 4.78 is 0. The van der Waals surface area contributed by atoms with E-state index in [9.17, 15) is 4.79 Å². The van der Waals surface area contributed by atoms with Gasteiger partial charge in [0.1, 0.15) is 5.69 Å². The average molecular weight is 392 g/mol. The largest absolute Gasteiger partial charge is 0.366 e. The zero-order valence-electron chi connectivity index (χ0n) is 15.6. The zero-order chi connectivity index (χ0) is 19.3. The molecular weight excluding hydrogens is 370 g/mol. The maximum Gasteiger partial charge on any atom is 0.269 e. The molecule has 2 aromatic carbocycles. The standard InChI is InChI=1S/C23H22ClN3O/c24-20-7-5-17(6-8-20)11-13-25-23(28)22-10-9-21(15-26-22)27-14-12-18-3-1-2-4-19(18)16-27/h1-10,15H,11-14,16H2,(H,25,28). The van der Waals surface area contributed by atoms with Crippen molar-refractivity contribution in [3.63, 3.8) is 0 Å². The molecule has 4 rings (SSSR count). The first-order valence-electron chi connectivity index (χ1n) is 9.49. The minimum Gasteiger partial charge on any atom is -0.366 e. The van der Waals surface area contributed by atoms with Crippen molar-refractivity contribution in [1.82, 2.24) is 10.3 Å². The van der Waals surface area contributed by atoms with Crippen molar-refractivity contribution in [3.8, 4) is 0 Å². The molecule has 1 aromatic heterocycles. The van der Waals surface area contributed by atoms with Crippen molar-refractivity contribution in [2.24, 2.45) is 0 Å². The molecule has 0 spiro atoms. The predicted octanol–water partition coefficient (Wildman–Crippen LogP) is 4.27. The smallest absolute Gasteiger partial charge is 0.269 e. The molecule has 3 aromatic rings. The molecule has 0 unspecified atom stereocenters. The van der Waals surface area contributed by atoms with Gasteiger partial charge in [-0.25, -0.2) is 4.98 Å². The molecule has 142 valence electrons. The lowest BCUT2D eigenvalue weighted by atomic mass is 10.00. The number of carbonyl (C=O) groups is 1. The molecule has 28 heavy (non-hydrogen) atoms. The number of anilines is 1. The predicted molar refractivity (Wildman–Crippen MR) is 113 cm³/mol. The summed E-state index contributed by atoms with van der Waals surface area (Å²) in [5.74, 6) is -0.149. The normalized spacial score (nSPS) is 13.1. The number of fused-ring (bicyclic) bond motifs is 1. The third-order valence-corrected chi connectivity index (χ3v) is 5.34. The summed E-state index contributed by atoms with van der Waals surface area (Å²) in [6, 6.07) is 20.0. The Bertz CT molecular complexity index is 954. The molecule has 1 N–H and O–H groups in total. The van der Waals surface area contributed by atoms with Gasteiger partial charge in [0.25, 0.3) is 5.91 Å². The summed E-state index contributed by atoms with van der Waals surface area (Å²) in [5.41, 5.74) is 5.41. The first kappa shape index (κ1) is 18.5. The molecule has 2 heterocycles. The number of carbonyl (C=O) groups excluding carboxylic acids is 1. The van der Waals surface area contributed by atoms with Crippen molar-refractivity contribution >= 4 is 23.2 Å². The molecule has 0 radical (unpaired) electrons. The number of pyridine rings is 1. The van der Waals surface area contributed by atoms with E-state index in [1.165, 1.54) is 11.1 Å². The number of halogens is 1. The Morgan fingerprint density at radius 3 is 2.57 bits per heavy atom. The van der Waals surface area contributed by atoms with Crippen molar-refractivity contribution in [2.75, 3.05) is 18.0 Å². The number of benzene rings is 2. The lowest BCUT2D eigenvalue weighted by Gasteiger charge is -2.30. The molecular formula is C23H22ClN3O. The van der Waals surface area contributed by atoms with Crippen LogP contribution < -0.4 is 10.2 Å². The van der Waals surface area contributed by atoms with E-state index < -0.39 is 0 Å². The quantitative estimate of drug-likeness (QED) is 0.706. The van der Waals surface area contributed by atoms with E-state index in [0.29, 0.717) is 17.3 Å². The number of rotatable bonds is 5. The Hall–Kier alpha value is -2.85. The summed E-state index contributed by atoms with van der Waals surface area (Å²) in [4.78, 5) is 19.0. The van der Waals surface area contributed by atoms with Gasteiger partial charge in [0.15, 0.2) is 0 Å². The van der Waals surface area contributed by atoms with Crippen LogP contribution in [0.2, 0.25) is 5.02 Å². The van der Waals surface area contributed by atoms with Crippen LogP contribution in [0.1, 0.15) is 27.2 Å². The van der Waals surface area contributed by atoms with Crippen molar-refractivity contribution in [2.45, 2.75) is 19.4 Å². The fourth-order valence-electron chi connectivity index (χ4n) is 3.49. The van der Waals surface area contributed by atoms with Crippen LogP contribution in [0.5, 0.6) is 0 Å². The molecule has 0 saturated heterocycles. The van der Waals surface area contributed by atoms with Gasteiger partial charge in [-0.3, -0.25) is 4.79 Å². The number of hydrogen-bond donors (Lipinski definition) is 1. The molecule has 5 heteroatoms. The van der Waals surface area contributed by atoms with Gasteiger partial charge in [-0.15, -0.1) is 0 Å². The van der Waals surface area contributed by atoms with E-state index in [-0.39, 0.29) is 5.91 Å². The summed E-state index contributed by atoms with van der Waals surface area (Å²) in [6.45, 7) is 2.41. The third kappa shape index (κ3) is 4.34. The van der Waals surface area contributed by atoms with Crippen LogP contribution in [-0.2, 0) is 19.4 Å². The van der Waals surface area contributed by atoms with Crippen LogP contribution >= 0.6 is 11.6 Å². The highest BCUT2D eigenvalue weighted by atomic mass is 35.5. The third-order valence-electron chi connectivity index (χ3n) is 5.09. The van der Waals surface area contributed by atoms with Gasteiger partial charge >= 0.3 is 0 Å².